The molecule has 3 aromatic carbocycles. The summed E-state index contributed by atoms with van der Waals surface area (Å²) < 4.78 is 21.9. The molecule has 4 aliphatic heterocycles. The Morgan fingerprint density at radius 3 is 2.61 bits per heavy atom. The molecular formula is C40H34Cl2N6O6. The first kappa shape index (κ1) is 33.3. The summed E-state index contributed by atoms with van der Waals surface area (Å²) in [7, 11) is 0. The highest BCUT2D eigenvalue weighted by Gasteiger charge is 2.61. The number of para-hydroxylation sites is 1. The molecule has 0 aliphatic carbocycles. The molecule has 0 radical (unpaired) electrons. The number of hydrogen-bond donors (Lipinski definition) is 4. The number of hydrogen-bond acceptors (Lipinski definition) is 9. The molecule has 4 N–H and O–H groups in total. The smallest absolute Gasteiger partial charge is 0.250 e. The Labute approximate surface area is 318 Å². The van der Waals surface area contributed by atoms with Crippen LogP contribution in [0, 0.1) is 11.8 Å². The van der Waals surface area contributed by atoms with Crippen LogP contribution in [0.5, 0.6) is 5.75 Å². The fraction of sp³-hybridized carbons (Fsp3) is 0.300. The maximum Gasteiger partial charge on any atom is 0.250 e. The fourth-order valence-corrected chi connectivity index (χ4v) is 8.98. The van der Waals surface area contributed by atoms with Crippen molar-refractivity contribution >= 4 is 51.8 Å². The first-order valence-corrected chi connectivity index (χ1v) is 18.6. The summed E-state index contributed by atoms with van der Waals surface area (Å²) in [4.78, 5) is 37.2. The zero-order valence-corrected chi connectivity index (χ0v) is 31.0. The van der Waals surface area contributed by atoms with E-state index in [1.54, 1.807) is 20.0 Å². The Morgan fingerprint density at radius 1 is 1.02 bits per heavy atom. The fourth-order valence-electron chi connectivity index (χ4n) is 8.52. The van der Waals surface area contributed by atoms with Crippen LogP contribution in [-0.2, 0) is 21.4 Å². The van der Waals surface area contributed by atoms with Crippen LogP contribution < -0.4 is 20.7 Å². The molecule has 10 rings (SSSR count). The lowest BCUT2D eigenvalue weighted by Gasteiger charge is -2.29. The predicted molar refractivity (Wildman–Crippen MR) is 201 cm³/mol. The summed E-state index contributed by atoms with van der Waals surface area (Å²) >= 11 is 13.7. The van der Waals surface area contributed by atoms with Gasteiger partial charge >= 0.3 is 0 Å². The van der Waals surface area contributed by atoms with E-state index in [4.69, 9.17) is 46.9 Å². The second-order valence-electron chi connectivity index (χ2n) is 15.1. The number of rotatable bonds is 4. The summed E-state index contributed by atoms with van der Waals surface area (Å²) in [5.74, 6) is -0.000789. The average molecular weight is 766 g/mol. The minimum atomic E-state index is -1.30. The van der Waals surface area contributed by atoms with Gasteiger partial charge in [-0.1, -0.05) is 81.8 Å². The third kappa shape index (κ3) is 4.47. The second-order valence-corrected chi connectivity index (χ2v) is 15.8. The third-order valence-electron chi connectivity index (χ3n) is 11.2. The van der Waals surface area contributed by atoms with Gasteiger partial charge in [0.25, 0.3) is 5.89 Å². The number of oxazole rings is 2. The molecule has 7 heterocycles. The van der Waals surface area contributed by atoms with E-state index < -0.39 is 41.6 Å². The second kappa shape index (κ2) is 11.6. The molecule has 0 unspecified atom stereocenters. The van der Waals surface area contributed by atoms with Gasteiger partial charge in [-0.3, -0.25) is 13.7 Å². The number of carbonyl (C=O) groups excluding carboxylic acids is 2. The van der Waals surface area contributed by atoms with E-state index >= 15 is 0 Å². The van der Waals surface area contributed by atoms with Gasteiger partial charge < -0.3 is 34.6 Å². The monoisotopic (exact) mass is 764 g/mol. The van der Waals surface area contributed by atoms with Crippen LogP contribution >= 0.6 is 23.4 Å². The van der Waals surface area contributed by atoms with Crippen molar-refractivity contribution in [1.29, 1.82) is 0 Å². The number of nitrogens with one attached hydrogen (secondary N) is 3. The van der Waals surface area contributed by atoms with Crippen LogP contribution in [0.2, 0.25) is 5.15 Å². The van der Waals surface area contributed by atoms with Crippen LogP contribution in [0.1, 0.15) is 62.1 Å². The van der Waals surface area contributed by atoms with Crippen LogP contribution in [-0.4, -0.2) is 49.3 Å². The van der Waals surface area contributed by atoms with Crippen LogP contribution in [0.4, 0.5) is 5.69 Å². The van der Waals surface area contributed by atoms with E-state index in [0.29, 0.717) is 28.5 Å². The number of carbonyl (C=O) groups is 2. The number of benzene rings is 3. The molecule has 0 fully saturated rings. The molecule has 14 heteroatoms. The van der Waals surface area contributed by atoms with Gasteiger partial charge in [0, 0.05) is 57.7 Å². The maximum absolute atomic E-state index is 14.2. The van der Waals surface area contributed by atoms with Gasteiger partial charge in [0.2, 0.25) is 17.7 Å². The van der Waals surface area contributed by atoms with E-state index in [1.165, 1.54) is 4.09 Å². The van der Waals surface area contributed by atoms with Gasteiger partial charge in [0.15, 0.2) is 28.6 Å². The lowest BCUT2D eigenvalue weighted by atomic mass is 9.72. The van der Waals surface area contributed by atoms with E-state index in [0.717, 1.165) is 44.4 Å². The Hall–Kier alpha value is -5.30. The predicted octanol–water partition coefficient (Wildman–Crippen LogP) is 6.94. The topological polar surface area (TPSA) is 157 Å². The van der Waals surface area contributed by atoms with Gasteiger partial charge in [-0.05, 0) is 35.1 Å². The summed E-state index contributed by atoms with van der Waals surface area (Å²) in [5.41, 5.74) is 5.60. The molecule has 4 aliphatic rings. The van der Waals surface area contributed by atoms with Crippen molar-refractivity contribution in [3.05, 3.63) is 94.3 Å². The number of amides is 2. The molecule has 12 nitrogen and oxygen atoms in total. The van der Waals surface area contributed by atoms with Crippen LogP contribution in [0.3, 0.4) is 0 Å². The van der Waals surface area contributed by atoms with Crippen molar-refractivity contribution in [2.75, 3.05) is 5.32 Å². The standard InChI is InChI=1S/C40H34Cl2N6O6/c1-16(2)28-37-45-30-33(54-37)40-22-9-5-8-20(19-7-6-10-25-27(19)21(15-48(25)42)32-34(41)47-38(30)53-32)29(22)46-39(40)52-26-12-11-18(13-23(26)40)14-24(35(50)44-28)43-36(51)31(49)17(3)4/h5-13,15-17,24,28,31,39,46,49H,14H2,1-4H3,(H,43,51)(H,44,50)/t24-,28-,31-,39-,40+/m0/s1. The summed E-state index contributed by atoms with van der Waals surface area (Å²) in [5, 5.41) is 21.2. The normalized spacial score (nSPS) is 22.2. The molecule has 54 heavy (non-hydrogen) atoms. The van der Waals surface area contributed by atoms with Gasteiger partial charge in [0.1, 0.15) is 29.4 Å². The molecule has 0 saturated carbocycles. The molecule has 0 saturated heterocycles. The lowest BCUT2D eigenvalue weighted by Crippen LogP contribution is -2.52. The zero-order valence-electron chi connectivity index (χ0n) is 29.5. The highest BCUT2D eigenvalue weighted by atomic mass is 35.5. The number of nitrogens with zero attached hydrogens (tertiary/aromatic N) is 3. The average Bonchev–Trinajstić information content (AvgIpc) is 3.95. The quantitative estimate of drug-likeness (QED) is 0.149. The molecule has 274 valence electrons. The van der Waals surface area contributed by atoms with Crippen molar-refractivity contribution in [3.8, 4) is 39.8 Å². The molecule has 1 spiro atoms. The Morgan fingerprint density at radius 2 is 1.81 bits per heavy atom. The molecular weight excluding hydrogens is 731 g/mol. The number of halogens is 2. The number of ether oxygens (including phenoxy) is 1. The Kier molecular flexibility index (Phi) is 7.15. The lowest BCUT2D eigenvalue weighted by molar-refractivity contribution is -0.135. The summed E-state index contributed by atoms with van der Waals surface area (Å²) in [6, 6.07) is 16.0. The van der Waals surface area contributed by atoms with Crippen molar-refractivity contribution in [3.63, 3.8) is 0 Å². The van der Waals surface area contributed by atoms with Gasteiger partial charge in [0.05, 0.1) is 5.52 Å². The van der Waals surface area contributed by atoms with Crippen molar-refractivity contribution in [2.45, 2.75) is 63.9 Å². The number of aromatic nitrogens is 3. The van der Waals surface area contributed by atoms with Crippen LogP contribution in [0.15, 0.2) is 69.6 Å². The maximum atomic E-state index is 14.2. The summed E-state index contributed by atoms with van der Waals surface area (Å²) in [6.45, 7) is 7.37. The third-order valence-corrected chi connectivity index (χ3v) is 11.7. The van der Waals surface area contributed by atoms with Crippen molar-refractivity contribution in [2.24, 2.45) is 11.8 Å². The number of anilines is 1. The Bertz CT molecular complexity index is 2590. The first-order valence-electron chi connectivity index (χ1n) is 17.9. The Balaban J connectivity index is 1.30. The number of aliphatic hydroxyl groups is 1. The number of fused-ring (bicyclic) bond motifs is 7. The highest BCUT2D eigenvalue weighted by molar-refractivity contribution is 6.33. The SMILES string of the molecule is CC(C)[C@H](O)C(=O)N[C@H]1Cc2ccc3c(c2)[C@@]24c5cccc(c5N[C@H]2O3)-c2cccc3c2c(cn3Cl)-c2oc(nc2Cl)-c2nc(oc24)[C@H](C(C)C)NC1=O. The highest BCUT2D eigenvalue weighted by Crippen LogP contribution is 2.61. The first-order chi connectivity index (χ1) is 25.9. The minimum absolute atomic E-state index is 0.116. The molecule has 2 amide bonds. The van der Waals surface area contributed by atoms with Crippen molar-refractivity contribution < 1.29 is 28.3 Å². The molecule has 3 aromatic heterocycles. The van der Waals surface area contributed by atoms with Gasteiger partial charge in [-0.2, -0.15) is 4.98 Å². The minimum Gasteiger partial charge on any atom is -0.469 e. The van der Waals surface area contributed by atoms with Crippen LogP contribution in [0.25, 0.3) is 44.9 Å². The van der Waals surface area contributed by atoms with E-state index in [-0.39, 0.29) is 35.2 Å². The van der Waals surface area contributed by atoms with E-state index in [9.17, 15) is 14.7 Å². The number of aliphatic hydroxyl groups excluding tert-OH is 1. The van der Waals surface area contributed by atoms with Gasteiger partial charge in [-0.15, -0.1) is 0 Å². The molecule has 10 bridgehead atoms. The largest absolute Gasteiger partial charge is 0.469 e. The van der Waals surface area contributed by atoms with Crippen molar-refractivity contribution in [1.82, 2.24) is 24.7 Å². The van der Waals surface area contributed by atoms with E-state index in [1.807, 2.05) is 56.3 Å². The zero-order chi connectivity index (χ0) is 37.4. The van der Waals surface area contributed by atoms with E-state index in [2.05, 4.69) is 28.1 Å². The molecule has 6 aromatic rings. The van der Waals surface area contributed by atoms with Gasteiger partial charge in [-0.25, -0.2) is 4.98 Å². The molecule has 5 atom stereocenters. The summed E-state index contributed by atoms with van der Waals surface area (Å²) in [6.07, 6.45) is -0.101.